The van der Waals surface area contributed by atoms with Gasteiger partial charge in [0.05, 0.1) is 25.5 Å². The monoisotopic (exact) mass is 325 g/mol. The normalized spacial score (nSPS) is 21.9. The number of hydrogen-bond acceptors (Lipinski definition) is 6. The lowest BCUT2D eigenvalue weighted by Gasteiger charge is -2.37. The molecule has 1 aliphatic rings. The van der Waals surface area contributed by atoms with Gasteiger partial charge in [-0.05, 0) is 24.6 Å². The van der Waals surface area contributed by atoms with Crippen LogP contribution in [0.3, 0.4) is 0 Å². The lowest BCUT2D eigenvalue weighted by atomic mass is 10.1. The molecular formula is C18H19N3O3. The minimum Gasteiger partial charge on any atom is -0.459 e. The predicted molar refractivity (Wildman–Crippen MR) is 87.0 cm³/mol. The van der Waals surface area contributed by atoms with Gasteiger partial charge >= 0.3 is 0 Å². The van der Waals surface area contributed by atoms with Crippen molar-refractivity contribution in [2.45, 2.75) is 25.6 Å². The fourth-order valence-corrected chi connectivity index (χ4v) is 2.89. The topological polar surface area (TPSA) is 64.5 Å². The molecule has 6 heteroatoms. The third kappa shape index (κ3) is 3.11. The summed E-state index contributed by atoms with van der Waals surface area (Å²) >= 11 is 0. The quantitative estimate of drug-likeness (QED) is 0.733. The van der Waals surface area contributed by atoms with Crippen molar-refractivity contribution in [3.8, 4) is 11.7 Å². The van der Waals surface area contributed by atoms with Crippen LogP contribution in [-0.4, -0.2) is 34.3 Å². The van der Waals surface area contributed by atoms with E-state index in [2.05, 4.69) is 34.2 Å². The van der Waals surface area contributed by atoms with Crippen LogP contribution in [0.2, 0.25) is 0 Å². The third-order valence-electron chi connectivity index (χ3n) is 4.27. The molecule has 1 aromatic carbocycles. The molecule has 3 heterocycles. The summed E-state index contributed by atoms with van der Waals surface area (Å²) in [7, 11) is 0. The fourth-order valence-electron chi connectivity index (χ4n) is 2.89. The van der Waals surface area contributed by atoms with Crippen LogP contribution in [0, 0.1) is 0 Å². The Balaban J connectivity index is 1.47. The molecule has 0 bridgehead atoms. The lowest BCUT2D eigenvalue weighted by Crippen LogP contribution is -2.44. The summed E-state index contributed by atoms with van der Waals surface area (Å²) in [6, 6.07) is 14.2. The maximum Gasteiger partial charge on any atom is 0.283 e. The van der Waals surface area contributed by atoms with Crippen molar-refractivity contribution in [3.63, 3.8) is 0 Å². The van der Waals surface area contributed by atoms with Crippen molar-refractivity contribution >= 4 is 0 Å². The summed E-state index contributed by atoms with van der Waals surface area (Å²) in [6.07, 6.45) is 1.66. The Hall–Kier alpha value is -2.44. The van der Waals surface area contributed by atoms with Gasteiger partial charge in [-0.2, -0.15) is 0 Å². The number of benzene rings is 1. The molecule has 24 heavy (non-hydrogen) atoms. The van der Waals surface area contributed by atoms with Gasteiger partial charge in [-0.25, -0.2) is 0 Å². The highest BCUT2D eigenvalue weighted by atomic mass is 16.5. The molecule has 0 amide bonds. The molecule has 6 nitrogen and oxygen atoms in total. The molecule has 124 valence electrons. The second-order valence-corrected chi connectivity index (χ2v) is 5.99. The van der Waals surface area contributed by atoms with Gasteiger partial charge in [0.25, 0.3) is 5.89 Å². The van der Waals surface area contributed by atoms with Gasteiger partial charge < -0.3 is 13.6 Å². The van der Waals surface area contributed by atoms with E-state index in [1.54, 1.807) is 18.4 Å². The first kappa shape index (κ1) is 15.1. The van der Waals surface area contributed by atoms with E-state index in [1.165, 1.54) is 5.56 Å². The number of furan rings is 1. The summed E-state index contributed by atoms with van der Waals surface area (Å²) in [6.45, 7) is 4.22. The van der Waals surface area contributed by atoms with E-state index < -0.39 is 0 Å². The average Bonchev–Trinajstić information content (AvgIpc) is 3.29. The van der Waals surface area contributed by atoms with Crippen molar-refractivity contribution < 1.29 is 13.6 Å². The van der Waals surface area contributed by atoms with Gasteiger partial charge in [0.15, 0.2) is 5.76 Å². The SMILES string of the molecule is C[C@H]1CO[C@H](c2ccccc2)CN1Cc1nnc(-c2ccco2)o1. The molecule has 1 fully saturated rings. The summed E-state index contributed by atoms with van der Waals surface area (Å²) in [5.41, 5.74) is 1.19. The van der Waals surface area contributed by atoms with Gasteiger partial charge in [-0.3, -0.25) is 4.90 Å². The van der Waals surface area contributed by atoms with E-state index >= 15 is 0 Å². The molecule has 0 unspecified atom stereocenters. The van der Waals surface area contributed by atoms with E-state index in [9.17, 15) is 0 Å². The molecule has 0 spiro atoms. The van der Waals surface area contributed by atoms with E-state index in [4.69, 9.17) is 13.6 Å². The molecule has 4 rings (SSSR count). The highest BCUT2D eigenvalue weighted by Gasteiger charge is 2.28. The molecule has 1 aliphatic heterocycles. The Bertz CT molecular complexity index is 770. The highest BCUT2D eigenvalue weighted by Crippen LogP contribution is 2.26. The van der Waals surface area contributed by atoms with E-state index in [1.807, 2.05) is 18.2 Å². The van der Waals surface area contributed by atoms with Crippen molar-refractivity contribution in [1.82, 2.24) is 15.1 Å². The van der Waals surface area contributed by atoms with Gasteiger partial charge in [0.2, 0.25) is 5.89 Å². The minimum absolute atomic E-state index is 0.0647. The van der Waals surface area contributed by atoms with E-state index in [-0.39, 0.29) is 6.10 Å². The Kier molecular flexibility index (Phi) is 4.15. The largest absolute Gasteiger partial charge is 0.459 e. The van der Waals surface area contributed by atoms with Gasteiger partial charge in [-0.1, -0.05) is 30.3 Å². The van der Waals surface area contributed by atoms with E-state index in [0.29, 0.717) is 36.7 Å². The van der Waals surface area contributed by atoms with Crippen LogP contribution in [0.1, 0.15) is 24.5 Å². The van der Waals surface area contributed by atoms with Gasteiger partial charge in [-0.15, -0.1) is 10.2 Å². The first-order valence-electron chi connectivity index (χ1n) is 8.06. The van der Waals surface area contributed by atoms with E-state index in [0.717, 1.165) is 6.54 Å². The van der Waals surface area contributed by atoms with Gasteiger partial charge in [0, 0.05) is 12.6 Å². The van der Waals surface area contributed by atoms with Crippen molar-refractivity contribution in [3.05, 3.63) is 60.2 Å². The summed E-state index contributed by atoms with van der Waals surface area (Å²) < 4.78 is 17.0. The van der Waals surface area contributed by atoms with Crippen molar-refractivity contribution in [2.24, 2.45) is 0 Å². The number of hydrogen-bond donors (Lipinski definition) is 0. The Labute approximate surface area is 140 Å². The zero-order valence-electron chi connectivity index (χ0n) is 13.5. The lowest BCUT2D eigenvalue weighted by molar-refractivity contribution is -0.0655. The molecule has 0 N–H and O–H groups in total. The van der Waals surface area contributed by atoms with Crippen LogP contribution >= 0.6 is 0 Å². The first-order valence-corrected chi connectivity index (χ1v) is 8.06. The Morgan fingerprint density at radius 2 is 2.00 bits per heavy atom. The maximum absolute atomic E-state index is 5.99. The van der Waals surface area contributed by atoms with Crippen LogP contribution < -0.4 is 0 Å². The second-order valence-electron chi connectivity index (χ2n) is 5.99. The molecule has 0 saturated carbocycles. The molecular weight excluding hydrogens is 306 g/mol. The maximum atomic E-state index is 5.99. The van der Waals surface area contributed by atoms with Crippen molar-refractivity contribution in [1.29, 1.82) is 0 Å². The fraction of sp³-hybridized carbons (Fsp3) is 0.333. The summed E-state index contributed by atoms with van der Waals surface area (Å²) in [4.78, 5) is 2.31. The van der Waals surface area contributed by atoms with Crippen LogP contribution in [0.4, 0.5) is 0 Å². The predicted octanol–water partition coefficient (Wildman–Crippen LogP) is 3.29. The third-order valence-corrected chi connectivity index (χ3v) is 4.27. The summed E-state index contributed by atoms with van der Waals surface area (Å²) in [5.74, 6) is 1.59. The molecule has 2 atom stereocenters. The second kappa shape index (κ2) is 6.59. The molecule has 0 radical (unpaired) electrons. The number of rotatable bonds is 4. The first-order chi connectivity index (χ1) is 11.8. The molecule has 2 aromatic heterocycles. The van der Waals surface area contributed by atoms with Gasteiger partial charge in [0.1, 0.15) is 0 Å². The van der Waals surface area contributed by atoms with Crippen LogP contribution in [-0.2, 0) is 11.3 Å². The Morgan fingerprint density at radius 3 is 2.79 bits per heavy atom. The average molecular weight is 325 g/mol. The zero-order chi connectivity index (χ0) is 16.4. The summed E-state index contributed by atoms with van der Waals surface area (Å²) in [5, 5.41) is 8.20. The number of morpholine rings is 1. The minimum atomic E-state index is 0.0647. The van der Waals surface area contributed by atoms with Crippen LogP contribution in [0.25, 0.3) is 11.7 Å². The van der Waals surface area contributed by atoms with Crippen LogP contribution in [0.15, 0.2) is 57.6 Å². The zero-order valence-corrected chi connectivity index (χ0v) is 13.5. The van der Waals surface area contributed by atoms with Crippen LogP contribution in [0.5, 0.6) is 0 Å². The standard InChI is InChI=1S/C18H19N3O3/c1-13-12-23-16(14-6-3-2-4-7-14)10-21(13)11-17-19-20-18(24-17)15-8-5-9-22-15/h2-9,13,16H,10-12H2,1H3/t13-,16-/m0/s1. The number of nitrogens with zero attached hydrogens (tertiary/aromatic N) is 3. The Morgan fingerprint density at radius 1 is 1.12 bits per heavy atom. The number of aromatic nitrogens is 2. The number of ether oxygens (including phenoxy) is 1. The smallest absolute Gasteiger partial charge is 0.283 e. The highest BCUT2D eigenvalue weighted by molar-refractivity contribution is 5.42. The van der Waals surface area contributed by atoms with Crippen molar-refractivity contribution in [2.75, 3.05) is 13.2 Å². The molecule has 1 saturated heterocycles. The molecule has 0 aliphatic carbocycles. The molecule has 3 aromatic rings.